The average Bonchev–Trinajstić information content (AvgIpc) is 2.82. The molecule has 130 valence electrons. The number of aryl methyl sites for hydroxylation is 4. The number of imide groups is 1. The highest BCUT2D eigenvalue weighted by molar-refractivity contribution is 6.23. The molecular formula is C21H24N2O2. The number of rotatable bonds is 4. The van der Waals surface area contributed by atoms with Crippen LogP contribution in [0.2, 0.25) is 0 Å². The minimum atomic E-state index is -0.514. The maximum atomic E-state index is 13.0. The molecule has 4 nitrogen and oxygen atoms in total. The molecule has 1 aliphatic heterocycles. The number of anilines is 2. The molecule has 1 heterocycles. The van der Waals surface area contributed by atoms with E-state index in [0.717, 1.165) is 40.0 Å². The standard InChI is InChI=1S/C21H24N2O2/c1-5-16-8-6-7-9-17(16)22-18-12-19(24)23(21(18)25)20-14(3)10-13(2)11-15(20)4/h6-11,18,22H,5,12H2,1-4H3/t18-/m1/s1. The van der Waals surface area contributed by atoms with Gasteiger partial charge in [0.2, 0.25) is 5.91 Å². The van der Waals surface area contributed by atoms with Crippen LogP contribution in [-0.2, 0) is 16.0 Å². The number of nitrogens with zero attached hydrogens (tertiary/aromatic N) is 1. The molecule has 25 heavy (non-hydrogen) atoms. The van der Waals surface area contributed by atoms with Gasteiger partial charge < -0.3 is 5.32 Å². The molecule has 0 saturated carbocycles. The SMILES string of the molecule is CCc1ccccc1N[C@@H]1CC(=O)N(c2c(C)cc(C)cc2C)C1=O. The Morgan fingerprint density at radius 3 is 2.36 bits per heavy atom. The predicted molar refractivity (Wildman–Crippen MR) is 101 cm³/mol. The van der Waals surface area contributed by atoms with Crippen molar-refractivity contribution in [3.05, 3.63) is 58.7 Å². The van der Waals surface area contributed by atoms with Crippen LogP contribution >= 0.6 is 0 Å². The largest absolute Gasteiger partial charge is 0.373 e. The molecule has 2 aromatic rings. The van der Waals surface area contributed by atoms with Crippen molar-refractivity contribution in [3.8, 4) is 0 Å². The van der Waals surface area contributed by atoms with Gasteiger partial charge in [0.25, 0.3) is 5.91 Å². The fourth-order valence-electron chi connectivity index (χ4n) is 3.66. The Kier molecular flexibility index (Phi) is 4.62. The van der Waals surface area contributed by atoms with Gasteiger partial charge in [0, 0.05) is 5.69 Å². The Hall–Kier alpha value is -2.62. The third-order valence-electron chi connectivity index (χ3n) is 4.73. The van der Waals surface area contributed by atoms with Crippen LogP contribution in [0.3, 0.4) is 0 Å². The van der Waals surface area contributed by atoms with Gasteiger partial charge in [0.15, 0.2) is 0 Å². The number of nitrogens with one attached hydrogen (secondary N) is 1. The van der Waals surface area contributed by atoms with Crippen LogP contribution in [0.4, 0.5) is 11.4 Å². The van der Waals surface area contributed by atoms with Crippen LogP contribution in [0.1, 0.15) is 35.6 Å². The molecule has 2 amide bonds. The Balaban J connectivity index is 1.91. The van der Waals surface area contributed by atoms with E-state index in [1.165, 1.54) is 4.90 Å². The van der Waals surface area contributed by atoms with Crippen molar-refractivity contribution in [2.75, 3.05) is 10.2 Å². The zero-order valence-electron chi connectivity index (χ0n) is 15.2. The fraction of sp³-hybridized carbons (Fsp3) is 0.333. The summed E-state index contributed by atoms with van der Waals surface area (Å²) in [6.45, 7) is 7.99. The van der Waals surface area contributed by atoms with Crippen molar-refractivity contribution in [2.24, 2.45) is 0 Å². The summed E-state index contributed by atoms with van der Waals surface area (Å²) in [4.78, 5) is 26.9. The van der Waals surface area contributed by atoms with Crippen molar-refractivity contribution < 1.29 is 9.59 Å². The fourth-order valence-corrected chi connectivity index (χ4v) is 3.66. The Morgan fingerprint density at radius 1 is 1.08 bits per heavy atom. The minimum Gasteiger partial charge on any atom is -0.373 e. The van der Waals surface area contributed by atoms with Crippen molar-refractivity contribution >= 4 is 23.2 Å². The van der Waals surface area contributed by atoms with Crippen molar-refractivity contribution in [2.45, 2.75) is 46.6 Å². The first-order valence-electron chi connectivity index (χ1n) is 8.71. The van der Waals surface area contributed by atoms with Crippen molar-refractivity contribution in [1.82, 2.24) is 0 Å². The Labute approximate surface area is 148 Å². The second-order valence-corrected chi connectivity index (χ2v) is 6.73. The van der Waals surface area contributed by atoms with Crippen LogP contribution in [0.5, 0.6) is 0 Å². The number of hydrogen-bond donors (Lipinski definition) is 1. The highest BCUT2D eigenvalue weighted by atomic mass is 16.2. The molecule has 0 bridgehead atoms. The van der Waals surface area contributed by atoms with Gasteiger partial charge in [-0.05, 0) is 49.9 Å². The van der Waals surface area contributed by atoms with Crippen molar-refractivity contribution in [1.29, 1.82) is 0 Å². The summed E-state index contributed by atoms with van der Waals surface area (Å²) in [6, 6.07) is 11.4. The lowest BCUT2D eigenvalue weighted by molar-refractivity contribution is -0.121. The number of para-hydroxylation sites is 1. The van der Waals surface area contributed by atoms with E-state index in [4.69, 9.17) is 0 Å². The number of carbonyl (C=O) groups excluding carboxylic acids is 2. The topological polar surface area (TPSA) is 49.4 Å². The average molecular weight is 336 g/mol. The zero-order valence-corrected chi connectivity index (χ0v) is 15.2. The second-order valence-electron chi connectivity index (χ2n) is 6.73. The molecule has 0 spiro atoms. The van der Waals surface area contributed by atoms with E-state index < -0.39 is 6.04 Å². The summed E-state index contributed by atoms with van der Waals surface area (Å²) in [5.41, 5.74) is 5.83. The molecule has 1 fully saturated rings. The third-order valence-corrected chi connectivity index (χ3v) is 4.73. The Bertz CT molecular complexity index is 819. The van der Waals surface area contributed by atoms with Gasteiger partial charge in [-0.3, -0.25) is 9.59 Å². The van der Waals surface area contributed by atoms with Crippen LogP contribution in [0, 0.1) is 20.8 Å². The van der Waals surface area contributed by atoms with Crippen LogP contribution in [0.15, 0.2) is 36.4 Å². The smallest absolute Gasteiger partial charge is 0.256 e. The monoisotopic (exact) mass is 336 g/mol. The number of amides is 2. The molecule has 1 atom stereocenters. The third kappa shape index (κ3) is 3.16. The van der Waals surface area contributed by atoms with Gasteiger partial charge in [-0.25, -0.2) is 4.90 Å². The zero-order chi connectivity index (χ0) is 18.1. The maximum absolute atomic E-state index is 13.0. The highest BCUT2D eigenvalue weighted by Crippen LogP contribution is 2.32. The van der Waals surface area contributed by atoms with Gasteiger partial charge in [-0.2, -0.15) is 0 Å². The van der Waals surface area contributed by atoms with Crippen LogP contribution in [-0.4, -0.2) is 17.9 Å². The van der Waals surface area contributed by atoms with Gasteiger partial charge in [-0.1, -0.05) is 42.8 Å². The Morgan fingerprint density at radius 2 is 1.72 bits per heavy atom. The summed E-state index contributed by atoms with van der Waals surface area (Å²) >= 11 is 0. The molecule has 1 N–H and O–H groups in total. The lowest BCUT2D eigenvalue weighted by Gasteiger charge is -2.21. The molecule has 4 heteroatoms. The quantitative estimate of drug-likeness (QED) is 0.861. The number of benzene rings is 2. The van der Waals surface area contributed by atoms with E-state index in [0.29, 0.717) is 0 Å². The molecular weight excluding hydrogens is 312 g/mol. The van der Waals surface area contributed by atoms with Gasteiger partial charge >= 0.3 is 0 Å². The predicted octanol–water partition coefficient (Wildman–Crippen LogP) is 3.92. The molecule has 3 rings (SSSR count). The molecule has 1 aliphatic rings. The molecule has 0 aliphatic carbocycles. The lowest BCUT2D eigenvalue weighted by Crippen LogP contribution is -2.35. The second kappa shape index (κ2) is 6.71. The number of hydrogen-bond acceptors (Lipinski definition) is 3. The van der Waals surface area contributed by atoms with Crippen molar-refractivity contribution in [3.63, 3.8) is 0 Å². The summed E-state index contributed by atoms with van der Waals surface area (Å²) < 4.78 is 0. The van der Waals surface area contributed by atoms with E-state index in [-0.39, 0.29) is 18.2 Å². The molecule has 1 saturated heterocycles. The number of carbonyl (C=O) groups is 2. The summed E-state index contributed by atoms with van der Waals surface area (Å²) in [5.74, 6) is -0.322. The summed E-state index contributed by atoms with van der Waals surface area (Å²) in [7, 11) is 0. The normalized spacial score (nSPS) is 17.3. The summed E-state index contributed by atoms with van der Waals surface area (Å²) in [6.07, 6.45) is 1.06. The molecule has 0 unspecified atom stereocenters. The van der Waals surface area contributed by atoms with E-state index >= 15 is 0 Å². The van der Waals surface area contributed by atoms with Crippen LogP contribution < -0.4 is 10.2 Å². The van der Waals surface area contributed by atoms with Crippen LogP contribution in [0.25, 0.3) is 0 Å². The van der Waals surface area contributed by atoms with Gasteiger partial charge in [0.1, 0.15) is 6.04 Å². The molecule has 0 aromatic heterocycles. The van der Waals surface area contributed by atoms with E-state index in [2.05, 4.69) is 12.2 Å². The minimum absolute atomic E-state index is 0.147. The maximum Gasteiger partial charge on any atom is 0.256 e. The first-order chi connectivity index (χ1) is 11.9. The van der Waals surface area contributed by atoms with E-state index in [9.17, 15) is 9.59 Å². The summed E-state index contributed by atoms with van der Waals surface area (Å²) in [5, 5.41) is 3.28. The van der Waals surface area contributed by atoms with Gasteiger partial charge in [0.05, 0.1) is 12.1 Å². The lowest BCUT2D eigenvalue weighted by atomic mass is 10.0. The molecule has 2 aromatic carbocycles. The highest BCUT2D eigenvalue weighted by Gasteiger charge is 2.40. The molecule has 0 radical (unpaired) electrons. The first kappa shape index (κ1) is 17.2. The van der Waals surface area contributed by atoms with E-state index in [1.54, 1.807) is 0 Å². The van der Waals surface area contributed by atoms with E-state index in [1.807, 2.05) is 57.2 Å². The first-order valence-corrected chi connectivity index (χ1v) is 8.71. The van der Waals surface area contributed by atoms with Gasteiger partial charge in [-0.15, -0.1) is 0 Å².